The fourth-order valence-corrected chi connectivity index (χ4v) is 3.06. The summed E-state index contributed by atoms with van der Waals surface area (Å²) in [5.74, 6) is 0.673. The number of rotatable bonds is 4. The molecule has 29 heavy (non-hydrogen) atoms. The second-order valence-electron chi connectivity index (χ2n) is 6.55. The third-order valence-electron chi connectivity index (χ3n) is 4.57. The Morgan fingerprint density at radius 2 is 2.03 bits per heavy atom. The van der Waals surface area contributed by atoms with Gasteiger partial charge in [-0.2, -0.15) is 5.10 Å². The number of aryl methyl sites for hydroxylation is 1. The van der Waals surface area contributed by atoms with E-state index in [4.69, 9.17) is 0 Å². The summed E-state index contributed by atoms with van der Waals surface area (Å²) >= 11 is 0. The van der Waals surface area contributed by atoms with E-state index in [1.807, 2.05) is 30.3 Å². The molecule has 3 rings (SSSR count). The fourth-order valence-electron chi connectivity index (χ4n) is 3.06. The summed E-state index contributed by atoms with van der Waals surface area (Å²) in [6.07, 6.45) is 3.02. The van der Waals surface area contributed by atoms with Gasteiger partial charge in [-0.25, -0.2) is 4.79 Å². The highest BCUT2D eigenvalue weighted by Gasteiger charge is 2.27. The van der Waals surface area contributed by atoms with Gasteiger partial charge in [0.2, 0.25) is 5.91 Å². The van der Waals surface area contributed by atoms with Crippen LogP contribution in [0.25, 0.3) is 0 Å². The van der Waals surface area contributed by atoms with Crippen molar-refractivity contribution in [2.75, 3.05) is 44.0 Å². The van der Waals surface area contributed by atoms with Crippen molar-refractivity contribution in [1.29, 1.82) is 0 Å². The Balaban J connectivity index is 1.54. The Hall–Kier alpha value is -3.56. The number of nitrogens with one attached hydrogen (secondary N) is 2. The summed E-state index contributed by atoms with van der Waals surface area (Å²) in [5.41, 5.74) is 2.48. The van der Waals surface area contributed by atoms with Gasteiger partial charge in [0.1, 0.15) is 6.54 Å². The van der Waals surface area contributed by atoms with E-state index in [9.17, 15) is 9.59 Å². The van der Waals surface area contributed by atoms with E-state index in [1.54, 1.807) is 35.0 Å². The number of anilines is 2. The fraction of sp³-hybridized carbons (Fsp3) is 0.368. The molecule has 2 aromatic rings. The number of piperazine rings is 1. The van der Waals surface area contributed by atoms with Crippen LogP contribution in [0.2, 0.25) is 0 Å². The predicted molar refractivity (Wildman–Crippen MR) is 110 cm³/mol. The number of nitrogens with zero attached hydrogens (tertiary/aromatic N) is 5. The first-order valence-electron chi connectivity index (χ1n) is 9.18. The van der Waals surface area contributed by atoms with Crippen molar-refractivity contribution < 1.29 is 14.3 Å². The topological polar surface area (TPSA) is 104 Å². The minimum atomic E-state index is -0.508. The van der Waals surface area contributed by atoms with Crippen LogP contribution in [0.4, 0.5) is 16.2 Å². The van der Waals surface area contributed by atoms with E-state index in [0.29, 0.717) is 31.3 Å². The number of benzene rings is 1. The van der Waals surface area contributed by atoms with Crippen molar-refractivity contribution in [3.05, 3.63) is 42.2 Å². The highest BCUT2D eigenvalue weighted by atomic mass is 16.5. The summed E-state index contributed by atoms with van der Waals surface area (Å²) in [6.45, 7) is 2.03. The van der Waals surface area contributed by atoms with Gasteiger partial charge in [0.05, 0.1) is 19.0 Å². The van der Waals surface area contributed by atoms with Gasteiger partial charge < -0.3 is 19.9 Å². The van der Waals surface area contributed by atoms with Crippen molar-refractivity contribution in [1.82, 2.24) is 20.0 Å². The lowest BCUT2D eigenvalue weighted by Gasteiger charge is -2.35. The van der Waals surface area contributed by atoms with Gasteiger partial charge in [0, 0.05) is 45.6 Å². The number of ether oxygens (including phenoxy) is 1. The maximum absolute atomic E-state index is 12.6. The molecule has 2 heterocycles. The van der Waals surface area contributed by atoms with E-state index in [2.05, 4.69) is 25.5 Å². The van der Waals surface area contributed by atoms with Crippen LogP contribution in [0.1, 0.15) is 5.56 Å². The van der Waals surface area contributed by atoms with Crippen LogP contribution in [0.5, 0.6) is 0 Å². The molecule has 1 aromatic carbocycles. The quantitative estimate of drug-likeness (QED) is 0.588. The monoisotopic (exact) mass is 399 g/mol. The number of hydrogen-bond donors (Lipinski definition) is 2. The highest BCUT2D eigenvalue weighted by molar-refractivity contribution is 5.98. The zero-order valence-corrected chi connectivity index (χ0v) is 16.8. The molecule has 0 atom stereocenters. The molecule has 0 saturated carbocycles. The molecule has 10 nitrogen and oxygen atoms in total. The largest absolute Gasteiger partial charge is 0.453 e. The molecule has 1 saturated heterocycles. The molecule has 1 aromatic heterocycles. The molecule has 2 N–H and O–H groups in total. The van der Waals surface area contributed by atoms with Crippen LogP contribution in [0, 0.1) is 0 Å². The van der Waals surface area contributed by atoms with Gasteiger partial charge in [-0.05, 0) is 17.7 Å². The normalized spacial score (nSPS) is 14.7. The van der Waals surface area contributed by atoms with E-state index < -0.39 is 6.09 Å². The van der Waals surface area contributed by atoms with Crippen molar-refractivity contribution >= 4 is 29.3 Å². The van der Waals surface area contributed by atoms with Gasteiger partial charge >= 0.3 is 6.09 Å². The minimum absolute atomic E-state index is 0.00503. The predicted octanol–water partition coefficient (Wildman–Crippen LogP) is 1.02. The summed E-state index contributed by atoms with van der Waals surface area (Å²) < 4.78 is 6.25. The molecule has 1 aliphatic heterocycles. The lowest BCUT2D eigenvalue weighted by atomic mass is 10.2. The molecule has 10 heteroatoms. The van der Waals surface area contributed by atoms with E-state index >= 15 is 0 Å². The molecular weight excluding hydrogens is 374 g/mol. The molecular formula is C19H25N7O3. The molecule has 154 valence electrons. The number of guanidine groups is 1. The zero-order chi connectivity index (χ0) is 20.8. The Morgan fingerprint density at radius 1 is 1.28 bits per heavy atom. The second-order valence-corrected chi connectivity index (χ2v) is 6.55. The zero-order valence-electron chi connectivity index (χ0n) is 16.8. The van der Waals surface area contributed by atoms with E-state index in [-0.39, 0.29) is 12.5 Å². The molecule has 0 spiro atoms. The van der Waals surface area contributed by atoms with Gasteiger partial charge in [-0.1, -0.05) is 12.1 Å². The summed E-state index contributed by atoms with van der Waals surface area (Å²) in [4.78, 5) is 31.8. The molecule has 0 radical (unpaired) electrons. The van der Waals surface area contributed by atoms with Crippen LogP contribution in [-0.2, 0) is 23.1 Å². The third kappa shape index (κ3) is 5.03. The van der Waals surface area contributed by atoms with Crippen molar-refractivity contribution in [3.8, 4) is 0 Å². The Labute approximate surface area is 169 Å². The Bertz CT molecular complexity index is 891. The van der Waals surface area contributed by atoms with Gasteiger partial charge in [0.15, 0.2) is 5.96 Å². The summed E-state index contributed by atoms with van der Waals surface area (Å²) in [6, 6.07) is 7.40. The van der Waals surface area contributed by atoms with Crippen LogP contribution in [0.15, 0.2) is 41.7 Å². The van der Waals surface area contributed by atoms with E-state index in [1.165, 1.54) is 7.11 Å². The standard InChI is InChI=1S/C19H25N7O3/c1-20-18(21-10-14-4-6-15(7-5-14)23-19(28)29-3)25-8-9-26(17(27)13-25)16-11-22-24(2)12-16/h4-7,11-12H,8-10,13H2,1-3H3,(H,20,21)(H,23,28). The van der Waals surface area contributed by atoms with Gasteiger partial charge in [0.25, 0.3) is 0 Å². The number of aliphatic imine (C=N–C) groups is 1. The highest BCUT2D eigenvalue weighted by Crippen LogP contribution is 2.16. The lowest BCUT2D eigenvalue weighted by Crippen LogP contribution is -2.55. The summed E-state index contributed by atoms with van der Waals surface area (Å²) in [5, 5.41) is 10.0. The average molecular weight is 399 g/mol. The van der Waals surface area contributed by atoms with Crippen LogP contribution in [-0.4, -0.2) is 66.4 Å². The number of methoxy groups -OCH3 is 1. The second kappa shape index (κ2) is 9.09. The van der Waals surface area contributed by atoms with Crippen LogP contribution < -0.4 is 15.5 Å². The maximum atomic E-state index is 12.6. The molecule has 2 amide bonds. The lowest BCUT2D eigenvalue weighted by molar-refractivity contribution is -0.120. The smallest absolute Gasteiger partial charge is 0.411 e. The Morgan fingerprint density at radius 3 is 2.62 bits per heavy atom. The van der Waals surface area contributed by atoms with Gasteiger partial charge in [-0.3, -0.25) is 19.8 Å². The molecule has 1 fully saturated rings. The first-order chi connectivity index (χ1) is 14.0. The van der Waals surface area contributed by atoms with Crippen molar-refractivity contribution in [2.45, 2.75) is 6.54 Å². The molecule has 0 aliphatic carbocycles. The first kappa shape index (κ1) is 20.2. The van der Waals surface area contributed by atoms with Gasteiger partial charge in [-0.15, -0.1) is 0 Å². The van der Waals surface area contributed by atoms with Crippen LogP contribution >= 0.6 is 0 Å². The summed E-state index contributed by atoms with van der Waals surface area (Å²) in [7, 11) is 4.85. The van der Waals surface area contributed by atoms with Crippen LogP contribution in [0.3, 0.4) is 0 Å². The molecule has 0 bridgehead atoms. The first-order valence-corrected chi connectivity index (χ1v) is 9.18. The number of carbonyl (C=O) groups excluding carboxylic acids is 2. The molecule has 0 unspecified atom stereocenters. The van der Waals surface area contributed by atoms with E-state index in [0.717, 1.165) is 11.3 Å². The average Bonchev–Trinajstić information content (AvgIpc) is 3.15. The molecule has 1 aliphatic rings. The Kier molecular flexibility index (Phi) is 6.32. The number of carbonyl (C=O) groups is 2. The van der Waals surface area contributed by atoms with Crippen molar-refractivity contribution in [3.63, 3.8) is 0 Å². The van der Waals surface area contributed by atoms with Crippen molar-refractivity contribution in [2.24, 2.45) is 12.0 Å². The number of aromatic nitrogens is 2. The third-order valence-corrected chi connectivity index (χ3v) is 4.57. The number of hydrogen-bond acceptors (Lipinski definition) is 5. The minimum Gasteiger partial charge on any atom is -0.453 e. The number of amides is 2. The maximum Gasteiger partial charge on any atom is 0.411 e. The SMILES string of the molecule is CN=C(NCc1ccc(NC(=O)OC)cc1)N1CCN(c2cnn(C)c2)C(=O)C1.